The van der Waals surface area contributed by atoms with Crippen molar-refractivity contribution in [2.24, 2.45) is 0 Å². The number of carbonyl (C=O) groups is 2. The van der Waals surface area contributed by atoms with Gasteiger partial charge < -0.3 is 25.2 Å². The molecule has 1 fully saturated rings. The van der Waals surface area contributed by atoms with Gasteiger partial charge in [-0.05, 0) is 53.6 Å². The summed E-state index contributed by atoms with van der Waals surface area (Å²) in [5.41, 5.74) is 0.460. The first-order valence-corrected chi connectivity index (χ1v) is 12.0. The molecule has 0 saturated heterocycles. The van der Waals surface area contributed by atoms with Crippen molar-refractivity contribution in [1.29, 1.82) is 0 Å². The van der Waals surface area contributed by atoms with Crippen molar-refractivity contribution in [3.05, 3.63) is 39.5 Å². The summed E-state index contributed by atoms with van der Waals surface area (Å²) in [6, 6.07) is 6.99. The van der Waals surface area contributed by atoms with E-state index in [-0.39, 0.29) is 37.4 Å². The molecule has 0 aliphatic heterocycles. The van der Waals surface area contributed by atoms with Crippen LogP contribution in [0.15, 0.2) is 35.9 Å². The van der Waals surface area contributed by atoms with Crippen LogP contribution in [-0.4, -0.2) is 64.4 Å². The van der Waals surface area contributed by atoms with Gasteiger partial charge >= 0.3 is 0 Å². The van der Waals surface area contributed by atoms with Crippen LogP contribution >= 0.6 is 22.6 Å². The van der Waals surface area contributed by atoms with Crippen LogP contribution < -0.4 is 10.1 Å². The minimum atomic E-state index is -0.962. The number of aliphatic hydroxyl groups is 2. The van der Waals surface area contributed by atoms with Crippen molar-refractivity contribution in [1.82, 2.24) is 10.2 Å². The summed E-state index contributed by atoms with van der Waals surface area (Å²) < 4.78 is 7.02. The molecule has 0 radical (unpaired) electrons. The lowest BCUT2D eigenvalue weighted by Crippen LogP contribution is -2.58. The van der Waals surface area contributed by atoms with E-state index < -0.39 is 18.2 Å². The summed E-state index contributed by atoms with van der Waals surface area (Å²) in [5.74, 6) is 0.210. The summed E-state index contributed by atoms with van der Waals surface area (Å²) in [7, 11) is 0. The fourth-order valence-corrected chi connectivity index (χ4v) is 5.07. The molecule has 8 heteroatoms. The van der Waals surface area contributed by atoms with Crippen LogP contribution in [0.2, 0.25) is 0 Å². The van der Waals surface area contributed by atoms with Gasteiger partial charge in [0.25, 0.3) is 0 Å². The fourth-order valence-electron chi connectivity index (χ4n) is 4.56. The highest BCUT2D eigenvalue weighted by Gasteiger charge is 2.42. The molecule has 2 aliphatic carbocycles. The third-order valence-corrected chi connectivity index (χ3v) is 6.89. The number of benzene rings is 1. The third-order valence-electron chi connectivity index (χ3n) is 6.00. The van der Waals surface area contributed by atoms with E-state index in [1.165, 1.54) is 6.92 Å². The Hall–Kier alpha value is -1.65. The highest BCUT2D eigenvalue weighted by atomic mass is 127. The van der Waals surface area contributed by atoms with E-state index in [2.05, 4.69) is 27.9 Å². The number of rotatable bonds is 7. The number of nitrogens with zero attached hydrogens (tertiary/aromatic N) is 1. The molecule has 31 heavy (non-hydrogen) atoms. The number of hydrogen-bond donors (Lipinski definition) is 3. The minimum absolute atomic E-state index is 0.0586. The van der Waals surface area contributed by atoms with Crippen LogP contribution in [0.5, 0.6) is 5.75 Å². The van der Waals surface area contributed by atoms with Gasteiger partial charge in [0, 0.05) is 31.5 Å². The Morgan fingerprint density at radius 2 is 1.94 bits per heavy atom. The lowest BCUT2D eigenvalue weighted by Gasteiger charge is -2.44. The molecule has 0 aromatic heterocycles. The van der Waals surface area contributed by atoms with Gasteiger partial charge in [-0.3, -0.25) is 9.59 Å². The number of aliphatic hydroxyl groups excluding tert-OH is 2. The predicted octanol–water partition coefficient (Wildman–Crippen LogP) is 2.39. The Bertz CT molecular complexity index is 809. The minimum Gasteiger partial charge on any atom is -0.482 e. The average Bonchev–Trinajstić information content (AvgIpc) is 2.76. The Kier molecular flexibility index (Phi) is 8.74. The second-order valence-electron chi connectivity index (χ2n) is 8.16. The van der Waals surface area contributed by atoms with Gasteiger partial charge in [0.1, 0.15) is 18.0 Å². The van der Waals surface area contributed by atoms with Gasteiger partial charge in [-0.15, -0.1) is 0 Å². The fraction of sp³-hybridized carbons (Fsp3) is 0.565. The quantitative estimate of drug-likeness (QED) is 0.460. The largest absolute Gasteiger partial charge is 0.482 e. The second-order valence-corrected chi connectivity index (χ2v) is 9.33. The van der Waals surface area contributed by atoms with Crippen molar-refractivity contribution in [2.45, 2.75) is 69.7 Å². The molecule has 2 amide bonds. The second kappa shape index (κ2) is 11.3. The summed E-state index contributed by atoms with van der Waals surface area (Å²) in [4.78, 5) is 27.2. The Morgan fingerprint density at radius 3 is 2.58 bits per heavy atom. The molecule has 3 atom stereocenters. The number of halogens is 1. The zero-order valence-electron chi connectivity index (χ0n) is 17.8. The molecule has 170 valence electrons. The van der Waals surface area contributed by atoms with E-state index in [0.29, 0.717) is 11.3 Å². The molecule has 3 N–H and O–H groups in total. The zero-order valence-corrected chi connectivity index (χ0v) is 20.0. The van der Waals surface area contributed by atoms with Crippen molar-refractivity contribution >= 4 is 34.4 Å². The molecule has 2 aliphatic rings. The van der Waals surface area contributed by atoms with Crippen LogP contribution in [0, 0.1) is 3.57 Å². The first kappa shape index (κ1) is 24.0. The summed E-state index contributed by atoms with van der Waals surface area (Å²) in [6.45, 7) is 1.51. The van der Waals surface area contributed by atoms with Crippen molar-refractivity contribution in [2.75, 3.05) is 13.2 Å². The van der Waals surface area contributed by atoms with E-state index >= 15 is 0 Å². The molecule has 0 bridgehead atoms. The Morgan fingerprint density at radius 1 is 1.23 bits per heavy atom. The van der Waals surface area contributed by atoms with Gasteiger partial charge in [0.05, 0.1) is 16.2 Å². The Labute approximate surface area is 197 Å². The van der Waals surface area contributed by atoms with E-state index in [1.54, 1.807) is 11.0 Å². The van der Waals surface area contributed by atoms with Crippen LogP contribution in [0.4, 0.5) is 0 Å². The number of hydrogen-bond acceptors (Lipinski definition) is 5. The van der Waals surface area contributed by atoms with Gasteiger partial charge in [0.2, 0.25) is 11.8 Å². The Balaban J connectivity index is 1.91. The molecular weight excluding hydrogens is 511 g/mol. The SMILES string of the molecule is CC(=O)N(C1CCCCC1)[C@@H]1CC(C(=O)NCCO)=C[C@H](Oc2ccccc2I)[C@H]1O. The molecule has 0 heterocycles. The van der Waals surface area contributed by atoms with E-state index in [4.69, 9.17) is 9.84 Å². The molecule has 3 rings (SSSR count). The van der Waals surface area contributed by atoms with Gasteiger partial charge in [0.15, 0.2) is 0 Å². The lowest BCUT2D eigenvalue weighted by atomic mass is 9.85. The maximum Gasteiger partial charge on any atom is 0.247 e. The van der Waals surface area contributed by atoms with Gasteiger partial charge in [-0.1, -0.05) is 31.4 Å². The van der Waals surface area contributed by atoms with E-state index in [0.717, 1.165) is 35.7 Å². The van der Waals surface area contributed by atoms with Crippen LogP contribution in [0.1, 0.15) is 45.4 Å². The third kappa shape index (κ3) is 5.98. The van der Waals surface area contributed by atoms with Crippen LogP contribution in [0.25, 0.3) is 0 Å². The number of carbonyl (C=O) groups excluding carboxylic acids is 2. The van der Waals surface area contributed by atoms with E-state index in [9.17, 15) is 14.7 Å². The lowest BCUT2D eigenvalue weighted by molar-refractivity contribution is -0.140. The van der Waals surface area contributed by atoms with Crippen LogP contribution in [-0.2, 0) is 9.59 Å². The first-order chi connectivity index (χ1) is 14.9. The molecular formula is C23H31IN2O5. The predicted molar refractivity (Wildman–Crippen MR) is 126 cm³/mol. The molecule has 0 spiro atoms. The molecule has 1 aromatic carbocycles. The monoisotopic (exact) mass is 542 g/mol. The molecule has 1 aromatic rings. The number of ether oxygens (including phenoxy) is 1. The highest BCUT2D eigenvalue weighted by molar-refractivity contribution is 14.1. The van der Waals surface area contributed by atoms with Crippen molar-refractivity contribution in [3.8, 4) is 5.75 Å². The molecule has 1 saturated carbocycles. The van der Waals surface area contributed by atoms with Gasteiger partial charge in [-0.25, -0.2) is 0 Å². The first-order valence-electron chi connectivity index (χ1n) is 10.9. The van der Waals surface area contributed by atoms with Crippen LogP contribution in [0.3, 0.4) is 0 Å². The zero-order chi connectivity index (χ0) is 22.4. The number of amides is 2. The smallest absolute Gasteiger partial charge is 0.247 e. The molecule has 0 unspecified atom stereocenters. The average molecular weight is 542 g/mol. The molecule has 7 nitrogen and oxygen atoms in total. The summed E-state index contributed by atoms with van der Waals surface area (Å²) in [5, 5.41) is 23.0. The van der Waals surface area contributed by atoms with Crippen molar-refractivity contribution < 1.29 is 24.5 Å². The topological polar surface area (TPSA) is 99.1 Å². The summed E-state index contributed by atoms with van der Waals surface area (Å²) in [6.07, 6.45) is 5.24. The van der Waals surface area contributed by atoms with Gasteiger partial charge in [-0.2, -0.15) is 0 Å². The summed E-state index contributed by atoms with van der Waals surface area (Å²) >= 11 is 2.17. The standard InChI is InChI=1S/C23H31IN2O5/c1-15(28)26(17-7-3-2-4-8-17)19-13-16(23(30)25-11-12-27)14-21(22(19)29)31-20-10-6-5-9-18(20)24/h5-6,9-10,14,17,19,21-22,27,29H,2-4,7-8,11-13H2,1H3,(H,25,30)/t19-,21+,22+/m1/s1. The van der Waals surface area contributed by atoms with E-state index in [1.807, 2.05) is 24.3 Å². The maximum atomic E-state index is 12.7. The normalized spacial score (nSPS) is 24.3. The number of nitrogens with one attached hydrogen (secondary N) is 1. The number of para-hydroxylation sites is 1. The van der Waals surface area contributed by atoms with Crippen molar-refractivity contribution in [3.63, 3.8) is 0 Å². The maximum absolute atomic E-state index is 12.7. The highest BCUT2D eigenvalue weighted by Crippen LogP contribution is 2.33.